The Labute approximate surface area is 286 Å². The fourth-order valence-electron chi connectivity index (χ4n) is 4.24. The van der Waals surface area contributed by atoms with Crippen LogP contribution >= 0.6 is 0 Å². The first-order valence-electron chi connectivity index (χ1n) is 16.4. The summed E-state index contributed by atoms with van der Waals surface area (Å²) in [6.45, 7) is 8.34. The van der Waals surface area contributed by atoms with Crippen LogP contribution in [-0.4, -0.2) is 96.7 Å². The number of rotatable bonds is 11. The molecule has 1 saturated heterocycles. The summed E-state index contributed by atoms with van der Waals surface area (Å²) in [5.74, 6) is -0.0919. The van der Waals surface area contributed by atoms with Gasteiger partial charge in [0, 0.05) is 0 Å². The molecule has 0 amide bonds. The lowest BCUT2D eigenvalue weighted by molar-refractivity contribution is -0.0689. The Balaban J connectivity index is 1.21. The minimum Gasteiger partial charge on any atom is -0.493 e. The molecule has 1 aliphatic rings. The second kappa shape index (κ2) is 20.9. The molecular formula is C37H44O12. The second-order valence-corrected chi connectivity index (χ2v) is 11.2. The molecule has 264 valence electrons. The number of hydrogen-bond acceptors (Lipinski definition) is 12. The zero-order valence-electron chi connectivity index (χ0n) is 28.0. The Hall–Kier alpha value is -4.33. The number of esters is 3. The molecule has 0 bridgehead atoms. The normalized spacial score (nSPS) is 17.1. The van der Waals surface area contributed by atoms with Crippen molar-refractivity contribution in [2.75, 3.05) is 72.7 Å². The highest BCUT2D eigenvalue weighted by Crippen LogP contribution is 2.20. The standard InChI is InChI=1S/C37H44O12/c1-3-27(2)24-46-31-10-4-29(5-11-31)36(39)49-33-14-8-30(9-15-33)37(40)48-32-12-6-28(7-13-32)35(38)47-26-34-25-44-21-20-42-17-16-41-18-19-43-22-23-45-34/h4-15,27,34H,3,16-26H2,1-2H3. The van der Waals surface area contributed by atoms with Gasteiger partial charge in [0.05, 0.1) is 82.8 Å². The maximum Gasteiger partial charge on any atom is 0.343 e. The highest BCUT2D eigenvalue weighted by molar-refractivity contribution is 5.93. The molecule has 49 heavy (non-hydrogen) atoms. The van der Waals surface area contributed by atoms with E-state index in [1.807, 2.05) is 0 Å². The van der Waals surface area contributed by atoms with E-state index in [-0.39, 0.29) is 35.8 Å². The third-order valence-electron chi connectivity index (χ3n) is 7.32. The molecule has 3 aromatic rings. The van der Waals surface area contributed by atoms with Crippen molar-refractivity contribution in [3.05, 3.63) is 89.5 Å². The van der Waals surface area contributed by atoms with E-state index in [0.29, 0.717) is 76.7 Å². The van der Waals surface area contributed by atoms with Crippen LogP contribution in [0.2, 0.25) is 0 Å². The average molecular weight is 681 g/mol. The molecule has 1 aliphatic heterocycles. The first-order chi connectivity index (χ1) is 23.9. The monoisotopic (exact) mass is 680 g/mol. The predicted molar refractivity (Wildman–Crippen MR) is 177 cm³/mol. The highest BCUT2D eigenvalue weighted by Gasteiger charge is 2.17. The lowest BCUT2D eigenvalue weighted by Crippen LogP contribution is -2.29. The molecule has 1 heterocycles. The van der Waals surface area contributed by atoms with Gasteiger partial charge in [0.15, 0.2) is 0 Å². The number of carbonyl (C=O) groups is 3. The molecule has 12 heteroatoms. The van der Waals surface area contributed by atoms with Gasteiger partial charge in [-0.05, 0) is 78.7 Å². The van der Waals surface area contributed by atoms with Gasteiger partial charge >= 0.3 is 17.9 Å². The van der Waals surface area contributed by atoms with Crippen molar-refractivity contribution in [3.63, 3.8) is 0 Å². The van der Waals surface area contributed by atoms with E-state index < -0.39 is 24.0 Å². The predicted octanol–water partition coefficient (Wildman–Crippen LogP) is 5.17. The fourth-order valence-corrected chi connectivity index (χ4v) is 4.24. The van der Waals surface area contributed by atoms with Crippen LogP contribution in [0.5, 0.6) is 17.2 Å². The van der Waals surface area contributed by atoms with Crippen LogP contribution in [0, 0.1) is 5.92 Å². The van der Waals surface area contributed by atoms with Crippen LogP contribution in [0.15, 0.2) is 72.8 Å². The number of hydrogen-bond donors (Lipinski definition) is 0. The molecular weight excluding hydrogens is 636 g/mol. The first kappa shape index (κ1) is 37.5. The maximum atomic E-state index is 12.7. The van der Waals surface area contributed by atoms with E-state index in [1.165, 1.54) is 48.5 Å². The average Bonchev–Trinajstić information content (AvgIpc) is 3.14. The Kier molecular flexibility index (Phi) is 16.0. The van der Waals surface area contributed by atoms with Gasteiger partial charge in [-0.2, -0.15) is 0 Å². The van der Waals surface area contributed by atoms with Crippen molar-refractivity contribution in [3.8, 4) is 17.2 Å². The minimum absolute atomic E-state index is 0.0232. The van der Waals surface area contributed by atoms with Crippen LogP contribution in [0.4, 0.5) is 0 Å². The second-order valence-electron chi connectivity index (χ2n) is 11.2. The van der Waals surface area contributed by atoms with E-state index >= 15 is 0 Å². The van der Waals surface area contributed by atoms with Crippen molar-refractivity contribution >= 4 is 17.9 Å². The third-order valence-corrected chi connectivity index (χ3v) is 7.32. The van der Waals surface area contributed by atoms with E-state index in [4.69, 9.17) is 42.6 Å². The van der Waals surface area contributed by atoms with Crippen molar-refractivity contribution < 1.29 is 57.0 Å². The summed E-state index contributed by atoms with van der Waals surface area (Å²) in [4.78, 5) is 38.0. The Morgan fingerprint density at radius 2 is 1.04 bits per heavy atom. The first-order valence-corrected chi connectivity index (χ1v) is 16.4. The SMILES string of the molecule is CCC(C)COc1ccc(C(=O)Oc2ccc(C(=O)Oc3ccc(C(=O)OCC4COCCOCCOCCOCCO4)cc3)cc2)cc1. The minimum atomic E-state index is -0.621. The van der Waals surface area contributed by atoms with Crippen LogP contribution in [-0.2, 0) is 28.4 Å². The Morgan fingerprint density at radius 3 is 1.53 bits per heavy atom. The number of carbonyl (C=O) groups excluding carboxylic acids is 3. The molecule has 0 spiro atoms. The molecule has 0 aliphatic carbocycles. The molecule has 0 aromatic heterocycles. The van der Waals surface area contributed by atoms with Gasteiger partial charge in [0.25, 0.3) is 0 Å². The van der Waals surface area contributed by atoms with E-state index in [9.17, 15) is 14.4 Å². The zero-order chi connectivity index (χ0) is 34.7. The van der Waals surface area contributed by atoms with Crippen molar-refractivity contribution in [2.24, 2.45) is 5.92 Å². The summed E-state index contributed by atoms with van der Waals surface area (Å²) in [5, 5.41) is 0. The molecule has 4 rings (SSSR count). The third kappa shape index (κ3) is 13.6. The Bertz CT molecular complexity index is 1410. The van der Waals surface area contributed by atoms with Gasteiger partial charge in [-0.25, -0.2) is 14.4 Å². The largest absolute Gasteiger partial charge is 0.493 e. The van der Waals surface area contributed by atoms with Crippen LogP contribution in [0.25, 0.3) is 0 Å². The smallest absolute Gasteiger partial charge is 0.343 e. The van der Waals surface area contributed by atoms with E-state index in [2.05, 4.69) is 13.8 Å². The molecule has 12 nitrogen and oxygen atoms in total. The van der Waals surface area contributed by atoms with Crippen LogP contribution in [0.3, 0.4) is 0 Å². The lowest BCUT2D eigenvalue weighted by atomic mass is 10.1. The number of ether oxygens (including phenoxy) is 9. The molecule has 0 radical (unpaired) electrons. The van der Waals surface area contributed by atoms with Gasteiger partial charge in [-0.15, -0.1) is 0 Å². The quantitative estimate of drug-likeness (QED) is 0.195. The molecule has 0 N–H and O–H groups in total. The molecule has 1 fully saturated rings. The molecule has 0 saturated carbocycles. The van der Waals surface area contributed by atoms with Gasteiger partial charge in [0.1, 0.15) is 30.0 Å². The van der Waals surface area contributed by atoms with Crippen molar-refractivity contribution in [2.45, 2.75) is 26.4 Å². The molecule has 2 atom stereocenters. The van der Waals surface area contributed by atoms with Gasteiger partial charge < -0.3 is 42.6 Å². The lowest BCUT2D eigenvalue weighted by Gasteiger charge is -2.18. The summed E-state index contributed by atoms with van der Waals surface area (Å²) in [6.07, 6.45) is 0.530. The van der Waals surface area contributed by atoms with E-state index in [0.717, 1.165) is 6.42 Å². The van der Waals surface area contributed by atoms with Gasteiger partial charge in [-0.1, -0.05) is 20.3 Å². The Morgan fingerprint density at radius 1 is 0.612 bits per heavy atom. The number of benzene rings is 3. The summed E-state index contributed by atoms with van der Waals surface area (Å²) >= 11 is 0. The van der Waals surface area contributed by atoms with Crippen molar-refractivity contribution in [1.82, 2.24) is 0 Å². The highest BCUT2D eigenvalue weighted by atomic mass is 16.6. The molecule has 3 aromatic carbocycles. The fraction of sp³-hybridized carbons (Fsp3) is 0.432. The van der Waals surface area contributed by atoms with Gasteiger partial charge in [-0.3, -0.25) is 0 Å². The van der Waals surface area contributed by atoms with E-state index in [1.54, 1.807) is 24.3 Å². The summed E-state index contributed by atoms with van der Waals surface area (Å²) in [5.41, 5.74) is 0.889. The summed E-state index contributed by atoms with van der Waals surface area (Å²) < 4.78 is 49.8. The van der Waals surface area contributed by atoms with Crippen molar-refractivity contribution in [1.29, 1.82) is 0 Å². The maximum absolute atomic E-state index is 12.7. The van der Waals surface area contributed by atoms with Crippen LogP contribution < -0.4 is 14.2 Å². The van der Waals surface area contributed by atoms with Crippen LogP contribution in [0.1, 0.15) is 51.3 Å². The van der Waals surface area contributed by atoms with Gasteiger partial charge in [0.2, 0.25) is 0 Å². The summed E-state index contributed by atoms with van der Waals surface area (Å²) in [6, 6.07) is 18.7. The molecule has 2 unspecified atom stereocenters. The zero-order valence-corrected chi connectivity index (χ0v) is 28.0. The summed E-state index contributed by atoms with van der Waals surface area (Å²) in [7, 11) is 0. The topological polar surface area (TPSA) is 134 Å².